The van der Waals surface area contributed by atoms with E-state index in [4.69, 9.17) is 9.47 Å². The van der Waals surface area contributed by atoms with Crippen LogP contribution in [0.2, 0.25) is 0 Å². The Labute approximate surface area is 147 Å². The lowest BCUT2D eigenvalue weighted by molar-refractivity contribution is 0.0940. The van der Waals surface area contributed by atoms with Gasteiger partial charge in [-0.15, -0.1) is 0 Å². The van der Waals surface area contributed by atoms with Crippen LogP contribution in [0, 0.1) is 0 Å². The Morgan fingerprint density at radius 2 is 2.32 bits per heavy atom. The first-order valence-corrected chi connectivity index (χ1v) is 8.48. The molecule has 1 aromatic carbocycles. The van der Waals surface area contributed by atoms with Crippen LogP contribution in [-0.4, -0.2) is 35.6 Å². The summed E-state index contributed by atoms with van der Waals surface area (Å²) in [5, 5.41) is 9.91. The minimum atomic E-state index is -0.256. The van der Waals surface area contributed by atoms with Gasteiger partial charge in [0.05, 0.1) is 31.1 Å². The third-order valence-corrected chi connectivity index (χ3v) is 4.06. The van der Waals surface area contributed by atoms with Crippen molar-refractivity contribution in [1.29, 1.82) is 0 Å². The van der Waals surface area contributed by atoms with Crippen LogP contribution >= 0.6 is 0 Å². The molecule has 1 aliphatic heterocycles. The van der Waals surface area contributed by atoms with E-state index in [1.54, 1.807) is 18.0 Å². The number of ether oxygens (including phenoxy) is 2. The number of rotatable bonds is 7. The Balaban J connectivity index is 1.46. The van der Waals surface area contributed by atoms with Crippen molar-refractivity contribution in [1.82, 2.24) is 15.1 Å². The van der Waals surface area contributed by atoms with E-state index < -0.39 is 0 Å². The lowest BCUT2D eigenvalue weighted by Gasteiger charge is -2.09. The van der Waals surface area contributed by atoms with Gasteiger partial charge in [0, 0.05) is 26.5 Å². The molecule has 1 fully saturated rings. The molecule has 0 radical (unpaired) electrons. The monoisotopic (exact) mass is 344 g/mol. The standard InChI is InChI=1S/C18H24N4O3/c1-24-13-15-5-2-4-14(8-15)9-19-18(23)21-16-10-20-22(11-16)12-17-6-3-7-25-17/h2,4-5,8,10-11,17H,3,6-7,9,12-13H2,1H3,(H2,19,21,23). The van der Waals surface area contributed by atoms with Gasteiger partial charge in [0.2, 0.25) is 0 Å². The number of amides is 2. The van der Waals surface area contributed by atoms with Gasteiger partial charge in [-0.3, -0.25) is 4.68 Å². The van der Waals surface area contributed by atoms with Crippen molar-refractivity contribution < 1.29 is 14.3 Å². The number of carbonyl (C=O) groups is 1. The molecule has 134 valence electrons. The number of hydrogen-bond donors (Lipinski definition) is 2. The van der Waals surface area contributed by atoms with E-state index in [1.807, 2.05) is 30.5 Å². The average molecular weight is 344 g/mol. The molecule has 1 unspecified atom stereocenters. The van der Waals surface area contributed by atoms with Crippen molar-refractivity contribution in [3.8, 4) is 0 Å². The van der Waals surface area contributed by atoms with Crippen molar-refractivity contribution >= 4 is 11.7 Å². The second-order valence-corrected chi connectivity index (χ2v) is 6.15. The van der Waals surface area contributed by atoms with E-state index in [-0.39, 0.29) is 12.1 Å². The molecule has 0 aliphatic carbocycles. The molecule has 7 nitrogen and oxygen atoms in total. The fourth-order valence-corrected chi connectivity index (χ4v) is 2.88. The molecule has 0 saturated carbocycles. The quantitative estimate of drug-likeness (QED) is 0.809. The first-order valence-electron chi connectivity index (χ1n) is 8.48. The second kappa shape index (κ2) is 8.64. The van der Waals surface area contributed by atoms with Crippen LogP contribution in [0.3, 0.4) is 0 Å². The molecule has 0 spiro atoms. The van der Waals surface area contributed by atoms with Gasteiger partial charge in [-0.25, -0.2) is 4.79 Å². The van der Waals surface area contributed by atoms with Crippen LogP contribution in [0.25, 0.3) is 0 Å². The lowest BCUT2D eigenvalue weighted by Crippen LogP contribution is -2.28. The number of nitrogens with one attached hydrogen (secondary N) is 2. The summed E-state index contributed by atoms with van der Waals surface area (Å²) in [6.07, 6.45) is 5.85. The molecule has 2 heterocycles. The van der Waals surface area contributed by atoms with Gasteiger partial charge in [-0.05, 0) is 24.0 Å². The summed E-state index contributed by atoms with van der Waals surface area (Å²) in [4.78, 5) is 12.0. The van der Waals surface area contributed by atoms with Crippen molar-refractivity contribution in [2.75, 3.05) is 19.0 Å². The number of aromatic nitrogens is 2. The number of carbonyl (C=O) groups excluding carboxylic acids is 1. The van der Waals surface area contributed by atoms with Crippen molar-refractivity contribution in [2.45, 2.75) is 38.6 Å². The van der Waals surface area contributed by atoms with E-state index in [1.165, 1.54) is 0 Å². The normalized spacial score (nSPS) is 16.8. The smallest absolute Gasteiger partial charge is 0.319 e. The molecular formula is C18H24N4O3. The molecule has 1 atom stereocenters. The first kappa shape index (κ1) is 17.4. The third-order valence-electron chi connectivity index (χ3n) is 4.06. The van der Waals surface area contributed by atoms with Crippen molar-refractivity contribution in [3.63, 3.8) is 0 Å². The zero-order valence-electron chi connectivity index (χ0n) is 14.4. The van der Waals surface area contributed by atoms with Crippen molar-refractivity contribution in [3.05, 3.63) is 47.8 Å². The molecule has 25 heavy (non-hydrogen) atoms. The van der Waals surface area contributed by atoms with E-state index >= 15 is 0 Å². The van der Waals surface area contributed by atoms with E-state index in [2.05, 4.69) is 15.7 Å². The average Bonchev–Trinajstić information content (AvgIpc) is 3.26. The van der Waals surface area contributed by atoms with Gasteiger partial charge in [0.1, 0.15) is 0 Å². The topological polar surface area (TPSA) is 77.4 Å². The lowest BCUT2D eigenvalue weighted by atomic mass is 10.1. The zero-order chi connectivity index (χ0) is 17.5. The fourth-order valence-electron chi connectivity index (χ4n) is 2.88. The van der Waals surface area contributed by atoms with Gasteiger partial charge in [-0.1, -0.05) is 24.3 Å². The number of nitrogens with zero attached hydrogens (tertiary/aromatic N) is 2. The summed E-state index contributed by atoms with van der Waals surface area (Å²) in [6, 6.07) is 7.69. The van der Waals surface area contributed by atoms with Gasteiger partial charge < -0.3 is 20.1 Å². The fraction of sp³-hybridized carbons (Fsp3) is 0.444. The van der Waals surface area contributed by atoms with Crippen LogP contribution in [0.15, 0.2) is 36.7 Å². The Bertz CT molecular complexity index is 695. The highest BCUT2D eigenvalue weighted by Crippen LogP contribution is 2.15. The minimum Gasteiger partial charge on any atom is -0.380 e. The highest BCUT2D eigenvalue weighted by atomic mass is 16.5. The Morgan fingerprint density at radius 1 is 1.44 bits per heavy atom. The second-order valence-electron chi connectivity index (χ2n) is 6.15. The molecule has 2 aromatic rings. The maximum Gasteiger partial charge on any atom is 0.319 e. The number of hydrogen-bond acceptors (Lipinski definition) is 4. The summed E-state index contributed by atoms with van der Waals surface area (Å²) >= 11 is 0. The highest BCUT2D eigenvalue weighted by molar-refractivity contribution is 5.88. The number of benzene rings is 1. The predicted octanol–water partition coefficient (Wildman–Crippen LogP) is 2.53. The molecule has 1 saturated heterocycles. The van der Waals surface area contributed by atoms with Gasteiger partial charge in [-0.2, -0.15) is 5.10 Å². The molecule has 2 N–H and O–H groups in total. The summed E-state index contributed by atoms with van der Waals surface area (Å²) in [6.45, 7) is 2.55. The number of urea groups is 1. The molecule has 0 bridgehead atoms. The predicted molar refractivity (Wildman–Crippen MR) is 94.2 cm³/mol. The van der Waals surface area contributed by atoms with E-state index in [0.717, 1.165) is 37.1 Å². The summed E-state index contributed by atoms with van der Waals surface area (Å²) in [7, 11) is 1.66. The molecular weight excluding hydrogens is 320 g/mol. The first-order chi connectivity index (χ1) is 12.2. The molecule has 1 aromatic heterocycles. The highest BCUT2D eigenvalue weighted by Gasteiger charge is 2.16. The van der Waals surface area contributed by atoms with Crippen LogP contribution in [-0.2, 0) is 29.2 Å². The molecule has 2 amide bonds. The van der Waals surface area contributed by atoms with Crippen LogP contribution in [0.5, 0.6) is 0 Å². The molecule has 3 rings (SSSR count). The van der Waals surface area contributed by atoms with Gasteiger partial charge in [0.15, 0.2) is 0 Å². The van der Waals surface area contributed by atoms with Crippen molar-refractivity contribution in [2.24, 2.45) is 0 Å². The van der Waals surface area contributed by atoms with Gasteiger partial charge in [0.25, 0.3) is 0 Å². The van der Waals surface area contributed by atoms with Gasteiger partial charge >= 0.3 is 6.03 Å². The van der Waals surface area contributed by atoms with Crippen LogP contribution in [0.4, 0.5) is 10.5 Å². The molecule has 1 aliphatic rings. The SMILES string of the molecule is COCc1cccc(CNC(=O)Nc2cnn(CC3CCCO3)c2)c1. The minimum absolute atomic E-state index is 0.223. The maximum atomic E-state index is 12.0. The largest absolute Gasteiger partial charge is 0.380 e. The maximum absolute atomic E-state index is 12.0. The number of anilines is 1. The van der Waals surface area contributed by atoms with Crippen LogP contribution in [0.1, 0.15) is 24.0 Å². The summed E-state index contributed by atoms with van der Waals surface area (Å²) in [5.74, 6) is 0. The Morgan fingerprint density at radius 3 is 3.12 bits per heavy atom. The van der Waals surface area contributed by atoms with Crippen LogP contribution < -0.4 is 10.6 Å². The number of methoxy groups -OCH3 is 1. The summed E-state index contributed by atoms with van der Waals surface area (Å²) < 4.78 is 12.5. The third kappa shape index (κ3) is 5.30. The molecule has 7 heteroatoms. The Hall–Kier alpha value is -2.38. The van der Waals surface area contributed by atoms with E-state index in [0.29, 0.717) is 18.8 Å². The zero-order valence-corrected chi connectivity index (χ0v) is 14.4. The van der Waals surface area contributed by atoms with E-state index in [9.17, 15) is 4.79 Å². The summed E-state index contributed by atoms with van der Waals surface area (Å²) in [5.41, 5.74) is 2.78. The Kier molecular flexibility index (Phi) is 6.03.